The molecule has 0 amide bonds. The molecule has 0 aromatic carbocycles. The van der Waals surface area contributed by atoms with E-state index in [2.05, 4.69) is 0 Å². The summed E-state index contributed by atoms with van der Waals surface area (Å²) in [5, 5.41) is -0.310. The fourth-order valence-electron chi connectivity index (χ4n) is 3.95. The lowest BCUT2D eigenvalue weighted by Gasteiger charge is -2.24. The van der Waals surface area contributed by atoms with Gasteiger partial charge in [0.2, 0.25) is 0 Å². The van der Waals surface area contributed by atoms with E-state index in [0.29, 0.717) is 12.2 Å². The molecule has 0 spiro atoms. The second-order valence-electron chi connectivity index (χ2n) is 7.86. The van der Waals surface area contributed by atoms with Crippen LogP contribution in [0.25, 0.3) is 0 Å². The predicted octanol–water partition coefficient (Wildman–Crippen LogP) is 1.75. The van der Waals surface area contributed by atoms with E-state index in [1.165, 1.54) is 11.8 Å². The van der Waals surface area contributed by atoms with Gasteiger partial charge in [0.25, 0.3) is 10.1 Å². The molecule has 148 valence electrons. The van der Waals surface area contributed by atoms with Crippen LogP contribution in [0, 0.1) is 17.3 Å². The first kappa shape index (κ1) is 20.1. The number of ether oxygens (including phenoxy) is 2. The van der Waals surface area contributed by atoms with Crippen molar-refractivity contribution in [3.8, 4) is 0 Å². The molecule has 5 atom stereocenters. The van der Waals surface area contributed by atoms with E-state index < -0.39 is 27.4 Å². The van der Waals surface area contributed by atoms with Gasteiger partial charge in [-0.1, -0.05) is 32.5 Å². The Balaban J connectivity index is 1.36. The van der Waals surface area contributed by atoms with E-state index in [1.54, 1.807) is 0 Å². The van der Waals surface area contributed by atoms with E-state index in [9.17, 15) is 18.0 Å². The second kappa shape index (κ2) is 7.41. The summed E-state index contributed by atoms with van der Waals surface area (Å²) in [5.74, 6) is 0.0289. The summed E-state index contributed by atoms with van der Waals surface area (Å²) in [7, 11) is -3.47. The third kappa shape index (κ3) is 3.81. The number of esters is 1. The Morgan fingerprint density at radius 1 is 1.27 bits per heavy atom. The van der Waals surface area contributed by atoms with Gasteiger partial charge < -0.3 is 9.47 Å². The van der Waals surface area contributed by atoms with E-state index in [-0.39, 0.29) is 41.7 Å². The zero-order chi connectivity index (χ0) is 19.1. The average Bonchev–Trinajstić information content (AvgIpc) is 3.19. The summed E-state index contributed by atoms with van der Waals surface area (Å²) in [5.41, 5.74) is -0.376. The smallest absolute Gasteiger partial charge is 0.332 e. The van der Waals surface area contributed by atoms with Crippen LogP contribution in [-0.2, 0) is 33.4 Å². The van der Waals surface area contributed by atoms with E-state index >= 15 is 0 Å². The van der Waals surface area contributed by atoms with Crippen LogP contribution in [0.15, 0.2) is 0 Å². The molecule has 0 aromatic rings. The van der Waals surface area contributed by atoms with Crippen molar-refractivity contribution in [2.45, 2.75) is 57.5 Å². The summed E-state index contributed by atoms with van der Waals surface area (Å²) in [4.78, 5) is 23.8. The van der Waals surface area contributed by atoms with Crippen molar-refractivity contribution in [3.05, 3.63) is 0 Å². The summed E-state index contributed by atoms with van der Waals surface area (Å²) in [6.07, 6.45) is 1.27. The predicted molar refractivity (Wildman–Crippen MR) is 96.0 cm³/mol. The van der Waals surface area contributed by atoms with Gasteiger partial charge >= 0.3 is 5.97 Å². The molecule has 9 heteroatoms. The highest BCUT2D eigenvalue weighted by Gasteiger charge is 2.64. The summed E-state index contributed by atoms with van der Waals surface area (Å²) in [6.45, 7) is 5.68. The minimum absolute atomic E-state index is 0.00430. The topological polar surface area (TPSA) is 96.0 Å². The molecule has 3 aliphatic rings. The van der Waals surface area contributed by atoms with Crippen LogP contribution in [0.5, 0.6) is 0 Å². The molecule has 2 bridgehead atoms. The summed E-state index contributed by atoms with van der Waals surface area (Å²) >= 11 is 1.17. The van der Waals surface area contributed by atoms with Gasteiger partial charge in [-0.05, 0) is 25.2 Å². The van der Waals surface area contributed by atoms with Crippen molar-refractivity contribution in [1.82, 2.24) is 0 Å². The van der Waals surface area contributed by atoms with Crippen LogP contribution in [0.3, 0.4) is 0 Å². The maximum Gasteiger partial charge on any atom is 0.332 e. The van der Waals surface area contributed by atoms with E-state index in [1.807, 2.05) is 20.8 Å². The summed E-state index contributed by atoms with van der Waals surface area (Å²) < 4.78 is 39.7. The minimum atomic E-state index is -3.47. The average molecular weight is 407 g/mol. The highest BCUT2D eigenvalue weighted by Crippen LogP contribution is 2.55. The van der Waals surface area contributed by atoms with Crippen LogP contribution in [0.1, 0.15) is 40.0 Å². The van der Waals surface area contributed by atoms with Crippen LogP contribution < -0.4 is 0 Å². The first-order valence-corrected chi connectivity index (χ1v) is 11.5. The molecule has 0 radical (unpaired) electrons. The van der Waals surface area contributed by atoms with Crippen molar-refractivity contribution in [2.24, 2.45) is 17.3 Å². The largest absolute Gasteiger partial charge is 0.463 e. The third-order valence-corrected chi connectivity index (χ3v) is 8.78. The van der Waals surface area contributed by atoms with Gasteiger partial charge in [0.15, 0.2) is 5.12 Å². The lowest BCUT2D eigenvalue weighted by atomic mass is 9.92. The van der Waals surface area contributed by atoms with Crippen molar-refractivity contribution >= 4 is 33.0 Å². The van der Waals surface area contributed by atoms with Crippen molar-refractivity contribution < 1.29 is 31.7 Å². The third-order valence-electron chi connectivity index (χ3n) is 5.82. The minimum Gasteiger partial charge on any atom is -0.463 e. The van der Waals surface area contributed by atoms with Crippen molar-refractivity contribution in [3.63, 3.8) is 0 Å². The first-order valence-electron chi connectivity index (χ1n) is 9.02. The molecule has 5 unspecified atom stereocenters. The lowest BCUT2D eigenvalue weighted by molar-refractivity contribution is -0.153. The second-order valence-corrected chi connectivity index (χ2v) is 10.7. The Labute approximate surface area is 158 Å². The normalized spacial score (nSPS) is 34.2. The van der Waals surface area contributed by atoms with Crippen LogP contribution in [-0.4, -0.2) is 55.9 Å². The molecule has 1 saturated heterocycles. The van der Waals surface area contributed by atoms with Gasteiger partial charge in [0, 0.05) is 17.1 Å². The lowest BCUT2D eigenvalue weighted by Crippen LogP contribution is -2.37. The molecule has 0 aromatic heterocycles. The molecular weight excluding hydrogens is 380 g/mol. The Kier molecular flexibility index (Phi) is 5.73. The number of hydrogen-bond acceptors (Lipinski definition) is 8. The molecule has 1 heterocycles. The molecule has 3 fully saturated rings. The Hall–Kier alpha value is -0.640. The number of hydrogen-bond donors (Lipinski definition) is 0. The molecule has 26 heavy (non-hydrogen) atoms. The number of carbonyl (C=O) groups is 2. The molecule has 3 rings (SSSR count). The quantitative estimate of drug-likeness (QED) is 0.342. The van der Waals surface area contributed by atoms with Gasteiger partial charge in [-0.15, -0.1) is 0 Å². The molecule has 2 saturated carbocycles. The summed E-state index contributed by atoms with van der Waals surface area (Å²) in [6, 6.07) is 0. The molecule has 7 nitrogen and oxygen atoms in total. The zero-order valence-electron chi connectivity index (χ0n) is 15.3. The molecule has 0 N–H and O–H groups in total. The number of thioether (sulfide) groups is 1. The highest BCUT2D eigenvalue weighted by molar-refractivity contribution is 8.13. The van der Waals surface area contributed by atoms with Gasteiger partial charge in [-0.3, -0.25) is 8.98 Å². The fraction of sp³-hybridized carbons (Fsp3) is 0.882. The molecule has 2 aliphatic carbocycles. The Morgan fingerprint density at radius 2 is 2.00 bits per heavy atom. The van der Waals surface area contributed by atoms with Gasteiger partial charge in [-0.2, -0.15) is 8.42 Å². The van der Waals surface area contributed by atoms with E-state index in [0.717, 1.165) is 12.8 Å². The van der Waals surface area contributed by atoms with Crippen LogP contribution in [0.2, 0.25) is 0 Å². The monoisotopic (exact) mass is 406 g/mol. The van der Waals surface area contributed by atoms with Gasteiger partial charge in [0.1, 0.15) is 19.3 Å². The number of fused-ring (bicyclic) bond motifs is 1. The van der Waals surface area contributed by atoms with Crippen molar-refractivity contribution in [1.29, 1.82) is 0 Å². The standard InChI is InChI=1S/C17H26O7S2/c1-4-17(2,3)16(19)25-6-5-22-13(18)9-23-14-10-7-11-12(8-10)26(20,21)24-15(11)14/h10-12,14-15H,4-9H2,1-3H3. The molecular formula is C17H26O7S2. The van der Waals surface area contributed by atoms with Gasteiger partial charge in [0.05, 0.1) is 11.4 Å². The van der Waals surface area contributed by atoms with Gasteiger partial charge in [-0.25, -0.2) is 4.79 Å². The Morgan fingerprint density at radius 3 is 2.69 bits per heavy atom. The maximum absolute atomic E-state index is 12.0. The van der Waals surface area contributed by atoms with Crippen LogP contribution in [0.4, 0.5) is 0 Å². The number of carbonyl (C=O) groups excluding carboxylic acids is 2. The number of rotatable bonds is 8. The first-order chi connectivity index (χ1) is 12.2. The van der Waals surface area contributed by atoms with Crippen LogP contribution >= 0.6 is 11.8 Å². The highest BCUT2D eigenvalue weighted by atomic mass is 32.2. The van der Waals surface area contributed by atoms with Crippen molar-refractivity contribution in [2.75, 3.05) is 19.0 Å². The Bertz CT molecular complexity index is 673. The fourth-order valence-corrected chi connectivity index (χ4v) is 6.72. The molecule has 1 aliphatic heterocycles. The van der Waals surface area contributed by atoms with E-state index in [4.69, 9.17) is 13.7 Å². The zero-order valence-corrected chi connectivity index (χ0v) is 16.9. The maximum atomic E-state index is 12.0. The SMILES string of the molecule is CCC(C)(C)C(=O)SCCOC(=O)COC1C2CC3C1OS(=O)(=O)C3C2.